The van der Waals surface area contributed by atoms with Gasteiger partial charge in [-0.2, -0.15) is 0 Å². The van der Waals surface area contributed by atoms with E-state index in [0.29, 0.717) is 11.3 Å². The monoisotopic (exact) mass is 311 g/mol. The Hall–Kier alpha value is -2.37. The predicted molar refractivity (Wildman–Crippen MR) is 91.3 cm³/mol. The molecule has 1 saturated heterocycles. The van der Waals surface area contributed by atoms with E-state index < -0.39 is 0 Å². The SMILES string of the molecule is Nc1cccc(C(=O)Nc2ccc(CN3CCOCC3)cc2)c1. The molecular weight excluding hydrogens is 290 g/mol. The molecule has 0 aromatic heterocycles. The number of carbonyl (C=O) groups excluding carboxylic acids is 1. The van der Waals surface area contributed by atoms with Crippen LogP contribution in [0.5, 0.6) is 0 Å². The number of hydrogen-bond donors (Lipinski definition) is 2. The molecule has 1 aliphatic heterocycles. The van der Waals surface area contributed by atoms with E-state index >= 15 is 0 Å². The molecule has 0 aliphatic carbocycles. The minimum Gasteiger partial charge on any atom is -0.399 e. The molecule has 23 heavy (non-hydrogen) atoms. The molecule has 0 atom stereocenters. The van der Waals surface area contributed by atoms with Crippen LogP contribution >= 0.6 is 0 Å². The third-order valence-electron chi connectivity index (χ3n) is 3.87. The molecule has 5 nitrogen and oxygen atoms in total. The number of benzene rings is 2. The van der Waals surface area contributed by atoms with Crippen molar-refractivity contribution in [1.29, 1.82) is 0 Å². The van der Waals surface area contributed by atoms with Gasteiger partial charge in [0.1, 0.15) is 0 Å². The summed E-state index contributed by atoms with van der Waals surface area (Å²) >= 11 is 0. The van der Waals surface area contributed by atoms with Gasteiger partial charge in [0.05, 0.1) is 13.2 Å². The molecule has 0 spiro atoms. The molecule has 3 N–H and O–H groups in total. The lowest BCUT2D eigenvalue weighted by Gasteiger charge is -2.26. The van der Waals surface area contributed by atoms with Crippen molar-refractivity contribution in [3.8, 4) is 0 Å². The van der Waals surface area contributed by atoms with E-state index in [1.54, 1.807) is 24.3 Å². The summed E-state index contributed by atoms with van der Waals surface area (Å²) < 4.78 is 5.35. The van der Waals surface area contributed by atoms with Crippen LogP contribution in [0.2, 0.25) is 0 Å². The van der Waals surface area contributed by atoms with Gasteiger partial charge in [-0.25, -0.2) is 0 Å². The number of nitrogens with two attached hydrogens (primary N) is 1. The van der Waals surface area contributed by atoms with Gasteiger partial charge in [-0.1, -0.05) is 18.2 Å². The van der Waals surface area contributed by atoms with Gasteiger partial charge >= 0.3 is 0 Å². The molecule has 1 aliphatic rings. The Morgan fingerprint density at radius 3 is 2.57 bits per heavy atom. The number of hydrogen-bond acceptors (Lipinski definition) is 4. The number of amides is 1. The molecular formula is C18H21N3O2. The van der Waals surface area contributed by atoms with Crippen LogP contribution in [-0.2, 0) is 11.3 Å². The lowest BCUT2D eigenvalue weighted by atomic mass is 10.1. The fourth-order valence-corrected chi connectivity index (χ4v) is 2.59. The van der Waals surface area contributed by atoms with E-state index in [-0.39, 0.29) is 5.91 Å². The quantitative estimate of drug-likeness (QED) is 0.851. The number of nitrogen functional groups attached to an aromatic ring is 1. The van der Waals surface area contributed by atoms with Crippen molar-refractivity contribution in [3.05, 3.63) is 59.7 Å². The zero-order valence-corrected chi connectivity index (χ0v) is 13.0. The number of anilines is 2. The molecule has 0 unspecified atom stereocenters. The Balaban J connectivity index is 1.59. The molecule has 1 fully saturated rings. The third-order valence-corrected chi connectivity index (χ3v) is 3.87. The first-order valence-electron chi connectivity index (χ1n) is 7.77. The van der Waals surface area contributed by atoms with Crippen LogP contribution in [0.3, 0.4) is 0 Å². The second-order valence-corrected chi connectivity index (χ2v) is 5.67. The Morgan fingerprint density at radius 2 is 1.87 bits per heavy atom. The van der Waals surface area contributed by atoms with Gasteiger partial charge in [0.25, 0.3) is 5.91 Å². The highest BCUT2D eigenvalue weighted by atomic mass is 16.5. The van der Waals surface area contributed by atoms with Crippen molar-refractivity contribution < 1.29 is 9.53 Å². The predicted octanol–water partition coefficient (Wildman–Crippen LogP) is 2.35. The van der Waals surface area contributed by atoms with Crippen LogP contribution < -0.4 is 11.1 Å². The van der Waals surface area contributed by atoms with Crippen LogP contribution in [0, 0.1) is 0 Å². The number of ether oxygens (including phenoxy) is 1. The summed E-state index contributed by atoms with van der Waals surface area (Å²) in [5.74, 6) is -0.154. The Bertz CT molecular complexity index is 664. The van der Waals surface area contributed by atoms with Crippen molar-refractivity contribution in [2.45, 2.75) is 6.54 Å². The highest BCUT2D eigenvalue weighted by Crippen LogP contribution is 2.14. The second-order valence-electron chi connectivity index (χ2n) is 5.67. The van der Waals surface area contributed by atoms with Gasteiger partial charge in [0.15, 0.2) is 0 Å². The summed E-state index contributed by atoms with van der Waals surface area (Å²) in [5, 5.41) is 2.89. The van der Waals surface area contributed by atoms with Crippen LogP contribution in [-0.4, -0.2) is 37.1 Å². The zero-order valence-electron chi connectivity index (χ0n) is 13.0. The zero-order chi connectivity index (χ0) is 16.1. The van der Waals surface area contributed by atoms with Crippen molar-refractivity contribution in [3.63, 3.8) is 0 Å². The molecule has 1 amide bonds. The van der Waals surface area contributed by atoms with Gasteiger partial charge in [-0.15, -0.1) is 0 Å². The van der Waals surface area contributed by atoms with Crippen molar-refractivity contribution in [2.75, 3.05) is 37.4 Å². The van der Waals surface area contributed by atoms with E-state index in [0.717, 1.165) is 38.5 Å². The number of nitrogens with one attached hydrogen (secondary N) is 1. The smallest absolute Gasteiger partial charge is 0.255 e. The van der Waals surface area contributed by atoms with Gasteiger partial charge in [0, 0.05) is 36.6 Å². The van der Waals surface area contributed by atoms with E-state index in [1.807, 2.05) is 24.3 Å². The fraction of sp³-hybridized carbons (Fsp3) is 0.278. The molecule has 0 bridgehead atoms. The van der Waals surface area contributed by atoms with Crippen molar-refractivity contribution in [2.24, 2.45) is 0 Å². The summed E-state index contributed by atoms with van der Waals surface area (Å²) in [6.45, 7) is 4.44. The van der Waals surface area contributed by atoms with E-state index in [9.17, 15) is 4.79 Å². The molecule has 2 aromatic rings. The Labute approximate surface area is 136 Å². The minimum absolute atomic E-state index is 0.154. The van der Waals surface area contributed by atoms with Gasteiger partial charge in [-0.05, 0) is 35.9 Å². The van der Waals surface area contributed by atoms with Gasteiger partial charge in [-0.3, -0.25) is 9.69 Å². The molecule has 0 saturated carbocycles. The average molecular weight is 311 g/mol. The first-order chi connectivity index (χ1) is 11.2. The standard InChI is InChI=1S/C18H21N3O2/c19-16-3-1-2-15(12-16)18(22)20-17-6-4-14(5-7-17)13-21-8-10-23-11-9-21/h1-7,12H,8-11,13,19H2,(H,20,22). The third kappa shape index (κ3) is 4.31. The van der Waals surface area contributed by atoms with Gasteiger partial charge in [0.2, 0.25) is 0 Å². The number of nitrogens with zero attached hydrogens (tertiary/aromatic N) is 1. The lowest BCUT2D eigenvalue weighted by Crippen LogP contribution is -2.35. The van der Waals surface area contributed by atoms with Crippen LogP contribution in [0.4, 0.5) is 11.4 Å². The Morgan fingerprint density at radius 1 is 1.13 bits per heavy atom. The molecule has 1 heterocycles. The first-order valence-corrected chi connectivity index (χ1v) is 7.77. The molecule has 3 rings (SSSR count). The van der Waals surface area contributed by atoms with Crippen LogP contribution in [0.1, 0.15) is 15.9 Å². The Kier molecular flexibility index (Phi) is 4.90. The van der Waals surface area contributed by atoms with Crippen LogP contribution in [0.15, 0.2) is 48.5 Å². The maximum absolute atomic E-state index is 12.2. The first kappa shape index (κ1) is 15.5. The molecule has 2 aromatic carbocycles. The molecule has 0 radical (unpaired) electrons. The summed E-state index contributed by atoms with van der Waals surface area (Å²) in [6, 6.07) is 14.9. The lowest BCUT2D eigenvalue weighted by molar-refractivity contribution is 0.0342. The van der Waals surface area contributed by atoms with E-state index in [2.05, 4.69) is 10.2 Å². The number of morpholine rings is 1. The summed E-state index contributed by atoms with van der Waals surface area (Å²) in [4.78, 5) is 14.5. The topological polar surface area (TPSA) is 67.6 Å². The van der Waals surface area contributed by atoms with E-state index in [4.69, 9.17) is 10.5 Å². The fourth-order valence-electron chi connectivity index (χ4n) is 2.59. The average Bonchev–Trinajstić information content (AvgIpc) is 2.57. The minimum atomic E-state index is -0.154. The molecule has 120 valence electrons. The summed E-state index contributed by atoms with van der Waals surface area (Å²) in [6.07, 6.45) is 0. The van der Waals surface area contributed by atoms with Crippen molar-refractivity contribution in [1.82, 2.24) is 4.90 Å². The number of carbonyl (C=O) groups is 1. The normalized spacial score (nSPS) is 15.3. The maximum Gasteiger partial charge on any atom is 0.255 e. The highest BCUT2D eigenvalue weighted by Gasteiger charge is 2.11. The summed E-state index contributed by atoms with van der Waals surface area (Å²) in [5.41, 5.74) is 8.86. The second kappa shape index (κ2) is 7.26. The summed E-state index contributed by atoms with van der Waals surface area (Å²) in [7, 11) is 0. The van der Waals surface area contributed by atoms with E-state index in [1.165, 1.54) is 5.56 Å². The van der Waals surface area contributed by atoms with Crippen LogP contribution in [0.25, 0.3) is 0 Å². The number of rotatable bonds is 4. The molecule has 5 heteroatoms. The largest absolute Gasteiger partial charge is 0.399 e. The van der Waals surface area contributed by atoms with Crippen molar-refractivity contribution >= 4 is 17.3 Å². The highest BCUT2D eigenvalue weighted by molar-refractivity contribution is 6.04. The maximum atomic E-state index is 12.2. The van der Waals surface area contributed by atoms with Gasteiger partial charge < -0.3 is 15.8 Å².